The van der Waals surface area contributed by atoms with E-state index in [1.807, 2.05) is 26.0 Å². The summed E-state index contributed by atoms with van der Waals surface area (Å²) in [5.41, 5.74) is 1.79. The lowest BCUT2D eigenvalue weighted by molar-refractivity contribution is 0.0951. The van der Waals surface area contributed by atoms with Crippen LogP contribution in [0.25, 0.3) is 0 Å². The van der Waals surface area contributed by atoms with Gasteiger partial charge in [-0.05, 0) is 29.0 Å². The van der Waals surface area contributed by atoms with E-state index in [0.29, 0.717) is 18.7 Å². The van der Waals surface area contributed by atoms with Crippen molar-refractivity contribution in [3.63, 3.8) is 0 Å². The monoisotopic (exact) mass is 354 g/mol. The van der Waals surface area contributed by atoms with E-state index in [2.05, 4.69) is 26.1 Å². The van der Waals surface area contributed by atoms with Gasteiger partial charge in [0.05, 0.1) is 6.26 Å². The van der Waals surface area contributed by atoms with Crippen molar-refractivity contribution in [2.45, 2.75) is 40.0 Å². The lowest BCUT2D eigenvalue weighted by Gasteiger charge is -2.22. The SMILES string of the molecule is CC(C)CN(CCNC(=O)c1ccc(C(C)(C)C)cc1)S(C)(=O)=O. The summed E-state index contributed by atoms with van der Waals surface area (Å²) >= 11 is 0. The summed E-state index contributed by atoms with van der Waals surface area (Å²) in [6.07, 6.45) is 1.20. The van der Waals surface area contributed by atoms with Crippen molar-refractivity contribution in [1.82, 2.24) is 9.62 Å². The number of benzene rings is 1. The van der Waals surface area contributed by atoms with E-state index in [1.54, 1.807) is 12.1 Å². The number of carbonyl (C=O) groups excluding carboxylic acids is 1. The molecule has 0 saturated heterocycles. The lowest BCUT2D eigenvalue weighted by atomic mass is 9.87. The molecule has 0 heterocycles. The molecule has 1 aromatic carbocycles. The summed E-state index contributed by atoms with van der Waals surface area (Å²) in [4.78, 5) is 12.2. The van der Waals surface area contributed by atoms with Gasteiger partial charge in [0.1, 0.15) is 0 Å². The van der Waals surface area contributed by atoms with Gasteiger partial charge in [0.15, 0.2) is 0 Å². The average molecular weight is 355 g/mol. The Labute approximate surface area is 146 Å². The smallest absolute Gasteiger partial charge is 0.251 e. The second kappa shape index (κ2) is 8.12. The maximum Gasteiger partial charge on any atom is 0.251 e. The third kappa shape index (κ3) is 6.61. The van der Waals surface area contributed by atoms with Crippen LogP contribution in [0.5, 0.6) is 0 Å². The van der Waals surface area contributed by atoms with E-state index in [0.717, 1.165) is 0 Å². The summed E-state index contributed by atoms with van der Waals surface area (Å²) in [5, 5.41) is 2.79. The lowest BCUT2D eigenvalue weighted by Crippen LogP contribution is -2.39. The van der Waals surface area contributed by atoms with Crippen molar-refractivity contribution >= 4 is 15.9 Å². The Hall–Kier alpha value is -1.40. The molecule has 0 bridgehead atoms. The molecule has 24 heavy (non-hydrogen) atoms. The normalized spacial score (nSPS) is 12.7. The molecule has 0 unspecified atom stereocenters. The molecule has 5 nitrogen and oxygen atoms in total. The van der Waals surface area contributed by atoms with E-state index in [-0.39, 0.29) is 23.8 Å². The minimum absolute atomic E-state index is 0.0435. The van der Waals surface area contributed by atoms with Crippen molar-refractivity contribution in [3.05, 3.63) is 35.4 Å². The molecule has 1 rings (SSSR count). The number of carbonyl (C=O) groups is 1. The Bertz CT molecular complexity index is 644. The van der Waals surface area contributed by atoms with Crippen LogP contribution in [0, 0.1) is 5.92 Å². The van der Waals surface area contributed by atoms with Gasteiger partial charge in [-0.1, -0.05) is 46.8 Å². The number of hydrogen-bond acceptors (Lipinski definition) is 3. The highest BCUT2D eigenvalue weighted by Crippen LogP contribution is 2.22. The first-order valence-electron chi connectivity index (χ1n) is 8.25. The Morgan fingerprint density at radius 3 is 2.12 bits per heavy atom. The molecule has 0 atom stereocenters. The highest BCUT2D eigenvalue weighted by atomic mass is 32.2. The second-order valence-corrected chi connectivity index (χ2v) is 9.58. The molecule has 0 aliphatic heterocycles. The zero-order valence-electron chi connectivity index (χ0n) is 15.6. The average Bonchev–Trinajstić information content (AvgIpc) is 2.44. The number of amides is 1. The van der Waals surface area contributed by atoms with Gasteiger partial charge in [0.25, 0.3) is 5.91 Å². The summed E-state index contributed by atoms with van der Waals surface area (Å²) in [5.74, 6) is 0.0498. The maximum absolute atomic E-state index is 12.2. The summed E-state index contributed by atoms with van der Waals surface area (Å²) in [6, 6.07) is 7.52. The van der Waals surface area contributed by atoms with Crippen molar-refractivity contribution in [3.8, 4) is 0 Å². The van der Waals surface area contributed by atoms with Crippen LogP contribution in [-0.2, 0) is 15.4 Å². The third-order valence-corrected chi connectivity index (χ3v) is 4.97. The second-order valence-electron chi connectivity index (χ2n) is 7.60. The number of sulfonamides is 1. The van der Waals surface area contributed by atoms with Gasteiger partial charge in [0.2, 0.25) is 10.0 Å². The van der Waals surface area contributed by atoms with Gasteiger partial charge in [-0.3, -0.25) is 4.79 Å². The number of hydrogen-bond donors (Lipinski definition) is 1. The van der Waals surface area contributed by atoms with E-state index in [1.165, 1.54) is 16.1 Å². The standard InChI is InChI=1S/C18H30N2O3S/c1-14(2)13-20(24(6,22)23)12-11-19-17(21)15-7-9-16(10-8-15)18(3,4)5/h7-10,14H,11-13H2,1-6H3,(H,19,21). The van der Waals surface area contributed by atoms with Crippen LogP contribution in [0.2, 0.25) is 0 Å². The zero-order chi connectivity index (χ0) is 18.5. The minimum Gasteiger partial charge on any atom is -0.351 e. The van der Waals surface area contributed by atoms with Gasteiger partial charge in [-0.25, -0.2) is 12.7 Å². The fourth-order valence-electron chi connectivity index (χ4n) is 2.32. The van der Waals surface area contributed by atoms with Gasteiger partial charge in [-0.15, -0.1) is 0 Å². The van der Waals surface area contributed by atoms with Crippen molar-refractivity contribution in [1.29, 1.82) is 0 Å². The molecular weight excluding hydrogens is 324 g/mol. The molecule has 0 spiro atoms. The van der Waals surface area contributed by atoms with Crippen LogP contribution in [0.15, 0.2) is 24.3 Å². The van der Waals surface area contributed by atoms with Crippen molar-refractivity contribution in [2.24, 2.45) is 5.92 Å². The van der Waals surface area contributed by atoms with Crippen molar-refractivity contribution < 1.29 is 13.2 Å². The molecular formula is C18H30N2O3S. The minimum atomic E-state index is -3.26. The molecule has 0 aromatic heterocycles. The summed E-state index contributed by atoms with van der Waals surface area (Å²) in [7, 11) is -3.26. The molecule has 136 valence electrons. The third-order valence-electron chi connectivity index (χ3n) is 3.70. The number of nitrogens with one attached hydrogen (secondary N) is 1. The predicted molar refractivity (Wildman–Crippen MR) is 98.7 cm³/mol. The molecule has 0 radical (unpaired) electrons. The van der Waals surface area contributed by atoms with E-state index >= 15 is 0 Å². The van der Waals surface area contributed by atoms with E-state index < -0.39 is 10.0 Å². The van der Waals surface area contributed by atoms with Gasteiger partial charge < -0.3 is 5.32 Å². The first-order valence-corrected chi connectivity index (χ1v) is 10.1. The van der Waals surface area contributed by atoms with Crippen LogP contribution in [-0.4, -0.2) is 44.5 Å². The van der Waals surface area contributed by atoms with Crippen molar-refractivity contribution in [2.75, 3.05) is 25.9 Å². The first kappa shape index (κ1) is 20.6. The Morgan fingerprint density at radius 1 is 1.17 bits per heavy atom. The molecule has 1 amide bonds. The summed E-state index contributed by atoms with van der Waals surface area (Å²) in [6.45, 7) is 11.3. The highest BCUT2D eigenvalue weighted by Gasteiger charge is 2.18. The zero-order valence-corrected chi connectivity index (χ0v) is 16.4. The topological polar surface area (TPSA) is 66.5 Å². The molecule has 0 saturated carbocycles. The molecule has 1 aromatic rings. The van der Waals surface area contributed by atoms with Gasteiger partial charge in [-0.2, -0.15) is 0 Å². The maximum atomic E-state index is 12.2. The quantitative estimate of drug-likeness (QED) is 0.818. The Kier molecular flexibility index (Phi) is 6.98. The fraction of sp³-hybridized carbons (Fsp3) is 0.611. The Balaban J connectivity index is 2.62. The first-order chi connectivity index (χ1) is 10.9. The molecule has 0 aliphatic carbocycles. The van der Waals surface area contributed by atoms with E-state index in [9.17, 15) is 13.2 Å². The Morgan fingerprint density at radius 2 is 1.71 bits per heavy atom. The molecule has 6 heteroatoms. The predicted octanol–water partition coefficient (Wildman–Crippen LogP) is 2.63. The van der Waals surface area contributed by atoms with Crippen LogP contribution in [0.3, 0.4) is 0 Å². The van der Waals surface area contributed by atoms with Crippen LogP contribution in [0.1, 0.15) is 50.5 Å². The summed E-state index contributed by atoms with van der Waals surface area (Å²) < 4.78 is 24.9. The molecule has 0 aliphatic rings. The van der Waals surface area contributed by atoms with E-state index in [4.69, 9.17) is 0 Å². The van der Waals surface area contributed by atoms with Gasteiger partial charge in [0, 0.05) is 25.2 Å². The number of rotatable bonds is 7. The largest absolute Gasteiger partial charge is 0.351 e. The fourth-order valence-corrected chi connectivity index (χ4v) is 3.31. The molecule has 0 fully saturated rings. The molecule has 1 N–H and O–H groups in total. The van der Waals surface area contributed by atoms with Crippen LogP contribution in [0.4, 0.5) is 0 Å². The van der Waals surface area contributed by atoms with Crippen LogP contribution < -0.4 is 5.32 Å². The number of nitrogens with zero attached hydrogens (tertiary/aromatic N) is 1. The van der Waals surface area contributed by atoms with Crippen LogP contribution >= 0.6 is 0 Å². The van der Waals surface area contributed by atoms with Gasteiger partial charge >= 0.3 is 0 Å². The highest BCUT2D eigenvalue weighted by molar-refractivity contribution is 7.88.